The maximum atomic E-state index is 5.36. The fourth-order valence-electron chi connectivity index (χ4n) is 6.73. The first-order valence-corrected chi connectivity index (χ1v) is 23.5. The van der Waals surface area contributed by atoms with Gasteiger partial charge in [-0.25, -0.2) is 4.98 Å². The molecule has 3 saturated heterocycles. The third-order valence-corrected chi connectivity index (χ3v) is 11.8. The molecular formula is C49H82N6O4S. The quantitative estimate of drug-likeness (QED) is 0.162. The summed E-state index contributed by atoms with van der Waals surface area (Å²) < 4.78 is 20.9. The molecule has 0 spiro atoms. The first kappa shape index (κ1) is 51.4. The zero-order valence-corrected chi connectivity index (χ0v) is 40.7. The minimum Gasteiger partial charge on any atom is -0.379 e. The number of rotatable bonds is 9. The van der Waals surface area contributed by atoms with Gasteiger partial charge >= 0.3 is 0 Å². The lowest BCUT2D eigenvalue weighted by molar-refractivity contribution is 0.0305. The molecule has 0 atom stereocenters. The molecular weight excluding hydrogens is 769 g/mol. The normalized spacial score (nSPS) is 16.7. The number of aryl methyl sites for hydroxylation is 2. The Labute approximate surface area is 368 Å². The Morgan fingerprint density at radius 2 is 1.23 bits per heavy atom. The van der Waals surface area contributed by atoms with Crippen LogP contribution in [-0.4, -0.2) is 102 Å². The lowest BCUT2D eigenvalue weighted by Gasteiger charge is -2.29. The highest BCUT2D eigenvalue weighted by Crippen LogP contribution is 2.23. The van der Waals surface area contributed by atoms with Gasteiger partial charge in [0.15, 0.2) is 5.76 Å². The van der Waals surface area contributed by atoms with Gasteiger partial charge in [0.25, 0.3) is 0 Å². The van der Waals surface area contributed by atoms with Crippen LogP contribution in [0.2, 0.25) is 0 Å². The molecule has 60 heavy (non-hydrogen) atoms. The van der Waals surface area contributed by atoms with Crippen LogP contribution in [0.1, 0.15) is 151 Å². The summed E-state index contributed by atoms with van der Waals surface area (Å²) in [5.74, 6) is 3.68. The van der Waals surface area contributed by atoms with E-state index in [0.717, 1.165) is 101 Å². The van der Waals surface area contributed by atoms with Gasteiger partial charge in [0.1, 0.15) is 5.76 Å². The van der Waals surface area contributed by atoms with Crippen LogP contribution in [0, 0.1) is 19.8 Å². The number of nitrogens with zero attached hydrogens (tertiary/aromatic N) is 6. The van der Waals surface area contributed by atoms with E-state index in [4.69, 9.17) is 18.5 Å². The molecule has 3 aromatic heterocycles. The summed E-state index contributed by atoms with van der Waals surface area (Å²) in [5, 5.41) is 9.13. The van der Waals surface area contributed by atoms with Gasteiger partial charge in [-0.3, -0.25) is 9.80 Å². The number of benzene rings is 1. The van der Waals surface area contributed by atoms with E-state index in [1.165, 1.54) is 59.8 Å². The average molecular weight is 851 g/mol. The fraction of sp³-hybridized carbons (Fsp3) is 0.694. The Balaban J connectivity index is 0.000000207. The summed E-state index contributed by atoms with van der Waals surface area (Å²) >= 11 is 1.78. The molecule has 7 rings (SSSR count). The fourth-order valence-corrected chi connectivity index (χ4v) is 7.52. The lowest BCUT2D eigenvalue weighted by Crippen LogP contribution is -2.35. The van der Waals surface area contributed by atoms with Crippen LogP contribution in [0.5, 0.6) is 0 Å². The number of thiazole rings is 1. The monoisotopic (exact) mass is 851 g/mol. The van der Waals surface area contributed by atoms with Crippen molar-refractivity contribution in [3.63, 3.8) is 0 Å². The summed E-state index contributed by atoms with van der Waals surface area (Å²) in [7, 11) is 0. The second-order valence-corrected chi connectivity index (χ2v) is 20.0. The second kappa shape index (κ2) is 27.2. The van der Waals surface area contributed by atoms with E-state index in [9.17, 15) is 0 Å². The van der Waals surface area contributed by atoms with Crippen molar-refractivity contribution in [1.82, 2.24) is 30.0 Å². The van der Waals surface area contributed by atoms with E-state index < -0.39 is 0 Å². The molecule has 6 heterocycles. The van der Waals surface area contributed by atoms with E-state index >= 15 is 0 Å². The molecule has 10 nitrogen and oxygen atoms in total. The van der Waals surface area contributed by atoms with Crippen molar-refractivity contribution in [2.75, 3.05) is 65.7 Å². The molecule has 0 saturated carbocycles. The Hall–Kier alpha value is -2.93. The van der Waals surface area contributed by atoms with Crippen molar-refractivity contribution in [2.45, 2.75) is 152 Å². The van der Waals surface area contributed by atoms with Crippen LogP contribution < -0.4 is 0 Å². The van der Waals surface area contributed by atoms with Gasteiger partial charge in [0, 0.05) is 67.4 Å². The minimum absolute atomic E-state index is 0.0623. The van der Waals surface area contributed by atoms with E-state index in [1.807, 2.05) is 26.1 Å². The van der Waals surface area contributed by atoms with Crippen LogP contribution in [0.3, 0.4) is 0 Å². The number of piperidine rings is 1. The Morgan fingerprint density at radius 3 is 1.62 bits per heavy atom. The standard InChI is InChI=1S/C15H23NO.C12H20N2O2.C8H17N.C7H11NO.C7H11NS/c1-13(2)11-14-3-5-15(6-4-14)12-16-7-9-17-10-8-16;1-12(2,3)11-8-10(16-13-11)9-14-4-6-15-7-5-14;1-8(2)9-6-4-3-5-7-9;1-5(2)7-4-6(3)9-8-7;1-5(2)7-4-8-6(3)9-7/h3-6,13H,7-12H2,1-2H3;8H,4-7,9H2,1-3H3;8H,3-7H2,1-2H3;2*4-5H,1-3H3. The Bertz CT molecular complexity index is 1630. The highest BCUT2D eigenvalue weighted by molar-refractivity contribution is 7.11. The van der Waals surface area contributed by atoms with Gasteiger partial charge in [-0.2, -0.15) is 0 Å². The molecule has 11 heteroatoms. The highest BCUT2D eigenvalue weighted by atomic mass is 32.1. The molecule has 4 aromatic rings. The number of hydrogen-bond acceptors (Lipinski definition) is 11. The smallest absolute Gasteiger partial charge is 0.150 e. The lowest BCUT2D eigenvalue weighted by atomic mass is 9.92. The van der Waals surface area contributed by atoms with Gasteiger partial charge in [0.2, 0.25) is 0 Å². The molecule has 0 radical (unpaired) electrons. The molecule has 338 valence electrons. The number of likely N-dealkylation sites (tertiary alicyclic amines) is 1. The molecule has 1 aromatic carbocycles. The van der Waals surface area contributed by atoms with Gasteiger partial charge in [-0.05, 0) is 88.9 Å². The summed E-state index contributed by atoms with van der Waals surface area (Å²) in [6.45, 7) is 40.1. The number of morpholine rings is 2. The van der Waals surface area contributed by atoms with Crippen LogP contribution >= 0.6 is 11.3 Å². The maximum Gasteiger partial charge on any atom is 0.150 e. The number of ether oxygens (including phenoxy) is 2. The highest BCUT2D eigenvalue weighted by Gasteiger charge is 2.20. The predicted molar refractivity (Wildman–Crippen MR) is 249 cm³/mol. The summed E-state index contributed by atoms with van der Waals surface area (Å²) in [4.78, 5) is 12.9. The molecule has 3 aliphatic rings. The molecule has 0 amide bonds. The molecule has 3 aliphatic heterocycles. The van der Waals surface area contributed by atoms with Crippen LogP contribution in [0.25, 0.3) is 0 Å². The third-order valence-electron chi connectivity index (χ3n) is 10.6. The number of aromatic nitrogens is 3. The van der Waals surface area contributed by atoms with E-state index in [0.29, 0.717) is 11.8 Å². The van der Waals surface area contributed by atoms with Crippen LogP contribution in [0.15, 0.2) is 51.6 Å². The Kier molecular flexibility index (Phi) is 23.3. The molecule has 3 fully saturated rings. The first-order chi connectivity index (χ1) is 28.5. The van der Waals surface area contributed by atoms with Crippen molar-refractivity contribution in [3.8, 4) is 0 Å². The zero-order chi connectivity index (χ0) is 44.1. The first-order valence-electron chi connectivity index (χ1n) is 22.7. The van der Waals surface area contributed by atoms with Gasteiger partial charge < -0.3 is 23.4 Å². The molecule has 0 aliphatic carbocycles. The van der Waals surface area contributed by atoms with Crippen LogP contribution in [0.4, 0.5) is 0 Å². The second-order valence-electron chi connectivity index (χ2n) is 18.8. The Morgan fingerprint density at radius 1 is 0.667 bits per heavy atom. The van der Waals surface area contributed by atoms with Gasteiger partial charge in [-0.15, -0.1) is 11.3 Å². The van der Waals surface area contributed by atoms with Crippen molar-refractivity contribution >= 4 is 11.3 Å². The summed E-state index contributed by atoms with van der Waals surface area (Å²) in [5.41, 5.74) is 4.99. The summed E-state index contributed by atoms with van der Waals surface area (Å²) in [6.07, 6.45) is 7.42. The van der Waals surface area contributed by atoms with E-state index in [-0.39, 0.29) is 5.41 Å². The van der Waals surface area contributed by atoms with Gasteiger partial charge in [-0.1, -0.05) is 103 Å². The zero-order valence-electron chi connectivity index (χ0n) is 39.9. The van der Waals surface area contributed by atoms with Crippen molar-refractivity contribution in [2.24, 2.45) is 5.92 Å². The third kappa shape index (κ3) is 20.8. The maximum absolute atomic E-state index is 5.36. The molecule has 0 bridgehead atoms. The topological polar surface area (TPSA) is 93.1 Å². The largest absolute Gasteiger partial charge is 0.379 e. The van der Waals surface area contributed by atoms with Crippen molar-refractivity contribution < 1.29 is 18.5 Å². The van der Waals surface area contributed by atoms with Crippen LogP contribution in [-0.2, 0) is 34.4 Å². The van der Waals surface area contributed by atoms with E-state index in [2.05, 4.69) is 136 Å². The SMILES string of the molecule is CC(C)(C)c1cc(CN2CCOCC2)on1.CC(C)Cc1ccc(CN2CCOCC2)cc1.CC(C)N1CCCCC1.Cc1cc(C(C)C)no1.Cc1ncc(C(C)C)s1. The van der Waals surface area contributed by atoms with Crippen molar-refractivity contribution in [1.29, 1.82) is 0 Å². The average Bonchev–Trinajstić information content (AvgIpc) is 3.99. The van der Waals surface area contributed by atoms with Crippen molar-refractivity contribution in [3.05, 3.63) is 86.5 Å². The van der Waals surface area contributed by atoms with E-state index in [1.54, 1.807) is 11.3 Å². The molecule has 0 unspecified atom stereocenters. The van der Waals surface area contributed by atoms with Gasteiger partial charge in [0.05, 0.1) is 49.4 Å². The summed E-state index contributed by atoms with van der Waals surface area (Å²) in [6, 6.07) is 13.9. The predicted octanol–water partition coefficient (Wildman–Crippen LogP) is 11.1. The number of hydrogen-bond donors (Lipinski definition) is 0. The molecule has 0 N–H and O–H groups in total. The minimum atomic E-state index is 0.0623.